The fourth-order valence-electron chi connectivity index (χ4n) is 3.22. The third-order valence-electron chi connectivity index (χ3n) is 4.92. The zero-order chi connectivity index (χ0) is 24.1. The van der Waals surface area contributed by atoms with Crippen molar-refractivity contribution in [1.82, 2.24) is 20.1 Å². The summed E-state index contributed by atoms with van der Waals surface area (Å²) in [6, 6.07) is 16.8. The number of carbonyl (C=O) groups excluding carboxylic acids is 2. The predicted octanol–water partition coefficient (Wildman–Crippen LogP) is 5.26. The van der Waals surface area contributed by atoms with Gasteiger partial charge in [0.25, 0.3) is 5.91 Å². The summed E-state index contributed by atoms with van der Waals surface area (Å²) in [6.07, 6.45) is 0. The molecule has 0 radical (unpaired) electrons. The van der Waals surface area contributed by atoms with Crippen molar-refractivity contribution in [2.24, 2.45) is 0 Å². The molecular formula is C24H22ClN5O2S2. The molecule has 0 saturated heterocycles. The molecule has 0 aliphatic heterocycles. The Morgan fingerprint density at radius 2 is 1.94 bits per heavy atom. The van der Waals surface area contributed by atoms with Crippen LogP contribution in [-0.2, 0) is 11.3 Å². The maximum atomic E-state index is 12.6. The molecule has 0 atom stereocenters. The molecule has 2 heterocycles. The lowest BCUT2D eigenvalue weighted by atomic mass is 10.1. The number of halogens is 1. The van der Waals surface area contributed by atoms with Crippen LogP contribution < -0.4 is 10.6 Å². The normalized spacial score (nSPS) is 10.8. The van der Waals surface area contributed by atoms with E-state index in [0.717, 1.165) is 22.5 Å². The van der Waals surface area contributed by atoms with Gasteiger partial charge in [-0.05, 0) is 60.7 Å². The number of anilines is 1. The second kappa shape index (κ2) is 10.9. The number of thioether (sulfide) groups is 1. The molecule has 0 fully saturated rings. The van der Waals surface area contributed by atoms with Crippen LogP contribution in [0, 0.1) is 13.8 Å². The Bertz CT molecular complexity index is 1320. The lowest BCUT2D eigenvalue weighted by molar-refractivity contribution is -0.113. The van der Waals surface area contributed by atoms with Crippen LogP contribution in [0.3, 0.4) is 0 Å². The van der Waals surface area contributed by atoms with E-state index in [2.05, 4.69) is 20.8 Å². The standard InChI is InChI=1S/C24H22ClN5O2S2/c1-15-8-9-16(2)19(11-15)27-22(31)14-34-24-29-28-21(13-26-23(32)20-7-4-10-33-20)30(24)18-6-3-5-17(25)12-18/h3-12H,13-14H2,1-2H3,(H,26,32)(H,27,31). The number of nitrogens with zero attached hydrogens (tertiary/aromatic N) is 3. The first kappa shape index (κ1) is 24.0. The van der Waals surface area contributed by atoms with Crippen LogP contribution in [0.1, 0.15) is 26.6 Å². The summed E-state index contributed by atoms with van der Waals surface area (Å²) in [5, 5.41) is 17.3. The molecule has 0 saturated carbocycles. The number of rotatable bonds is 8. The lowest BCUT2D eigenvalue weighted by Gasteiger charge is -2.12. The van der Waals surface area contributed by atoms with E-state index in [1.165, 1.54) is 23.1 Å². The summed E-state index contributed by atoms with van der Waals surface area (Å²) >= 11 is 8.84. The first-order valence-corrected chi connectivity index (χ1v) is 12.7. The Labute approximate surface area is 210 Å². The van der Waals surface area contributed by atoms with Crippen molar-refractivity contribution in [2.45, 2.75) is 25.5 Å². The summed E-state index contributed by atoms with van der Waals surface area (Å²) < 4.78 is 1.80. The van der Waals surface area contributed by atoms with Gasteiger partial charge in [0, 0.05) is 10.7 Å². The molecule has 0 aliphatic carbocycles. The monoisotopic (exact) mass is 511 g/mol. The molecule has 7 nitrogen and oxygen atoms in total. The summed E-state index contributed by atoms with van der Waals surface area (Å²) in [7, 11) is 0. The van der Waals surface area contributed by atoms with Gasteiger partial charge in [-0.2, -0.15) is 0 Å². The first-order chi connectivity index (χ1) is 16.4. The van der Waals surface area contributed by atoms with E-state index in [1.807, 2.05) is 55.6 Å². The van der Waals surface area contributed by atoms with Crippen molar-refractivity contribution in [1.29, 1.82) is 0 Å². The van der Waals surface area contributed by atoms with Crippen LogP contribution >= 0.6 is 34.7 Å². The van der Waals surface area contributed by atoms with E-state index < -0.39 is 0 Å². The van der Waals surface area contributed by atoms with E-state index in [1.54, 1.807) is 22.8 Å². The molecule has 0 spiro atoms. The molecule has 4 rings (SSSR count). The minimum Gasteiger partial charge on any atom is -0.344 e. The van der Waals surface area contributed by atoms with E-state index in [4.69, 9.17) is 11.6 Å². The minimum absolute atomic E-state index is 0.146. The molecule has 2 amide bonds. The molecule has 2 N–H and O–H groups in total. The van der Waals surface area contributed by atoms with Crippen LogP contribution in [-0.4, -0.2) is 32.3 Å². The van der Waals surface area contributed by atoms with Crippen LogP contribution in [0.25, 0.3) is 5.69 Å². The molecule has 174 valence electrons. The maximum absolute atomic E-state index is 12.6. The van der Waals surface area contributed by atoms with Crippen LogP contribution in [0.2, 0.25) is 5.02 Å². The summed E-state index contributed by atoms with van der Waals surface area (Å²) in [6.45, 7) is 4.11. The largest absolute Gasteiger partial charge is 0.344 e. The van der Waals surface area contributed by atoms with Gasteiger partial charge in [-0.15, -0.1) is 21.5 Å². The Kier molecular flexibility index (Phi) is 7.66. The zero-order valence-corrected chi connectivity index (χ0v) is 20.9. The van der Waals surface area contributed by atoms with Crippen molar-refractivity contribution in [3.63, 3.8) is 0 Å². The molecule has 0 unspecified atom stereocenters. The Morgan fingerprint density at radius 3 is 2.71 bits per heavy atom. The summed E-state index contributed by atoms with van der Waals surface area (Å²) in [4.78, 5) is 25.6. The van der Waals surface area contributed by atoms with Gasteiger partial charge in [-0.3, -0.25) is 14.2 Å². The van der Waals surface area contributed by atoms with Gasteiger partial charge in [0.1, 0.15) is 0 Å². The third-order valence-corrected chi connectivity index (χ3v) is 6.95. The van der Waals surface area contributed by atoms with Crippen LogP contribution in [0.15, 0.2) is 65.1 Å². The van der Waals surface area contributed by atoms with Gasteiger partial charge in [0.15, 0.2) is 11.0 Å². The predicted molar refractivity (Wildman–Crippen MR) is 137 cm³/mol. The highest BCUT2D eigenvalue weighted by atomic mass is 35.5. The average molecular weight is 512 g/mol. The molecule has 10 heteroatoms. The second-order valence-electron chi connectivity index (χ2n) is 7.53. The molecular weight excluding hydrogens is 490 g/mol. The quantitative estimate of drug-likeness (QED) is 0.315. The fourth-order valence-corrected chi connectivity index (χ4v) is 4.82. The number of amides is 2. The van der Waals surface area contributed by atoms with Gasteiger partial charge in [-0.25, -0.2) is 0 Å². The van der Waals surface area contributed by atoms with Crippen molar-refractivity contribution in [3.05, 3.63) is 86.8 Å². The number of aromatic nitrogens is 3. The van der Waals surface area contributed by atoms with Crippen LogP contribution in [0.4, 0.5) is 5.69 Å². The molecule has 2 aromatic heterocycles. The van der Waals surface area contributed by atoms with Crippen molar-refractivity contribution in [2.75, 3.05) is 11.1 Å². The zero-order valence-electron chi connectivity index (χ0n) is 18.5. The van der Waals surface area contributed by atoms with Gasteiger partial charge in [0.05, 0.1) is 22.9 Å². The SMILES string of the molecule is Cc1ccc(C)c(NC(=O)CSc2nnc(CNC(=O)c3cccs3)n2-c2cccc(Cl)c2)c1. The van der Waals surface area contributed by atoms with Crippen molar-refractivity contribution in [3.8, 4) is 5.69 Å². The Morgan fingerprint density at radius 1 is 1.09 bits per heavy atom. The topological polar surface area (TPSA) is 88.9 Å². The number of carbonyl (C=O) groups is 2. The Hall–Kier alpha value is -3.14. The number of aryl methyl sites for hydroxylation is 2. The highest BCUT2D eigenvalue weighted by Gasteiger charge is 2.18. The minimum atomic E-state index is -0.183. The highest BCUT2D eigenvalue weighted by molar-refractivity contribution is 7.99. The van der Waals surface area contributed by atoms with E-state index in [0.29, 0.717) is 20.9 Å². The van der Waals surface area contributed by atoms with Crippen LogP contribution in [0.5, 0.6) is 0 Å². The average Bonchev–Trinajstić information content (AvgIpc) is 3.49. The first-order valence-electron chi connectivity index (χ1n) is 10.4. The molecule has 34 heavy (non-hydrogen) atoms. The van der Waals surface area contributed by atoms with E-state index in [-0.39, 0.29) is 24.1 Å². The smallest absolute Gasteiger partial charge is 0.261 e. The van der Waals surface area contributed by atoms with Gasteiger partial charge >= 0.3 is 0 Å². The van der Waals surface area contributed by atoms with Crippen molar-refractivity contribution < 1.29 is 9.59 Å². The van der Waals surface area contributed by atoms with Gasteiger partial charge < -0.3 is 10.6 Å². The van der Waals surface area contributed by atoms with Gasteiger partial charge in [-0.1, -0.05) is 47.6 Å². The number of nitrogens with one attached hydrogen (secondary N) is 2. The van der Waals surface area contributed by atoms with E-state index in [9.17, 15) is 9.59 Å². The number of benzene rings is 2. The lowest BCUT2D eigenvalue weighted by Crippen LogP contribution is -2.24. The molecule has 2 aromatic carbocycles. The molecule has 0 aliphatic rings. The van der Waals surface area contributed by atoms with Gasteiger partial charge in [0.2, 0.25) is 5.91 Å². The molecule has 4 aromatic rings. The fraction of sp³-hybridized carbons (Fsp3) is 0.167. The number of hydrogen-bond donors (Lipinski definition) is 2. The third kappa shape index (κ3) is 5.85. The number of hydrogen-bond acceptors (Lipinski definition) is 6. The number of thiophene rings is 1. The Balaban J connectivity index is 1.51. The highest BCUT2D eigenvalue weighted by Crippen LogP contribution is 2.25. The maximum Gasteiger partial charge on any atom is 0.261 e. The summed E-state index contributed by atoms with van der Waals surface area (Å²) in [5.41, 5.74) is 3.60. The summed E-state index contributed by atoms with van der Waals surface area (Å²) in [5.74, 6) is 0.349. The molecule has 0 bridgehead atoms. The van der Waals surface area contributed by atoms with E-state index >= 15 is 0 Å². The van der Waals surface area contributed by atoms with Crippen molar-refractivity contribution >= 4 is 52.2 Å². The second-order valence-corrected chi connectivity index (χ2v) is 9.86.